The van der Waals surface area contributed by atoms with Gasteiger partial charge in [0.2, 0.25) is 0 Å². The molecule has 9 heteroatoms. The van der Waals surface area contributed by atoms with Crippen LogP contribution in [0.3, 0.4) is 0 Å². The van der Waals surface area contributed by atoms with Gasteiger partial charge < -0.3 is 15.0 Å². The summed E-state index contributed by atoms with van der Waals surface area (Å²) in [6, 6.07) is 5.24. The topological polar surface area (TPSA) is 105 Å². The Balaban J connectivity index is 1.35. The van der Waals surface area contributed by atoms with Crippen LogP contribution in [0.25, 0.3) is 5.52 Å². The zero-order valence-electron chi connectivity index (χ0n) is 14.6. The molecule has 3 aromatic rings. The Morgan fingerprint density at radius 2 is 2.26 bits per heavy atom. The quantitative estimate of drug-likeness (QED) is 0.708. The third-order valence-corrected chi connectivity index (χ3v) is 5.56. The molecule has 3 unspecified atom stereocenters. The lowest BCUT2D eigenvalue weighted by molar-refractivity contribution is 0.0694. The molecular formula is C18H18N6O3. The second kappa shape index (κ2) is 5.83. The average molecular weight is 366 g/mol. The van der Waals surface area contributed by atoms with Gasteiger partial charge in [0.1, 0.15) is 17.0 Å². The number of carbonyl (C=O) groups excluding carboxylic acids is 2. The summed E-state index contributed by atoms with van der Waals surface area (Å²) in [5.41, 5.74) is 1.57. The second-order valence-electron chi connectivity index (χ2n) is 6.92. The molecule has 1 saturated carbocycles. The van der Waals surface area contributed by atoms with E-state index in [0.29, 0.717) is 29.1 Å². The van der Waals surface area contributed by atoms with Crippen molar-refractivity contribution in [1.82, 2.24) is 30.0 Å². The Labute approximate surface area is 154 Å². The maximum atomic E-state index is 12.9. The van der Waals surface area contributed by atoms with E-state index in [1.807, 2.05) is 11.0 Å². The standard InChI is InChI=1S/C18H18N6O3/c1-27-14-3-2-6-24-16(14)11(8-20-24)17(25)21-15-10-7-13(15)23(9-10)18(26)12-4-5-19-22-12/h2-6,8,10,13,15H,7,9H2,1H3,(H,19,22)(H,21,25). The van der Waals surface area contributed by atoms with Crippen LogP contribution in [-0.4, -0.2) is 62.3 Å². The maximum Gasteiger partial charge on any atom is 0.272 e. The van der Waals surface area contributed by atoms with Gasteiger partial charge in [-0.05, 0) is 24.6 Å². The third kappa shape index (κ3) is 2.31. The fourth-order valence-corrected chi connectivity index (χ4v) is 4.17. The first-order chi connectivity index (χ1) is 13.2. The number of amides is 2. The molecule has 1 aliphatic carbocycles. The number of nitrogens with one attached hydrogen (secondary N) is 2. The highest BCUT2D eigenvalue weighted by atomic mass is 16.5. The summed E-state index contributed by atoms with van der Waals surface area (Å²) in [5, 5.41) is 13.9. The van der Waals surface area contributed by atoms with E-state index in [9.17, 15) is 9.59 Å². The van der Waals surface area contributed by atoms with Crippen LogP contribution in [0.2, 0.25) is 0 Å². The van der Waals surface area contributed by atoms with Gasteiger partial charge in [-0.15, -0.1) is 0 Å². The normalized spacial score (nSPS) is 23.3. The molecule has 2 aliphatic heterocycles. The van der Waals surface area contributed by atoms with Crippen molar-refractivity contribution in [3.63, 3.8) is 0 Å². The van der Waals surface area contributed by atoms with Crippen molar-refractivity contribution in [2.24, 2.45) is 5.92 Å². The number of aromatic nitrogens is 4. The number of pyridine rings is 1. The molecule has 0 radical (unpaired) electrons. The lowest BCUT2D eigenvalue weighted by Gasteiger charge is -2.36. The zero-order valence-corrected chi connectivity index (χ0v) is 14.6. The molecule has 3 aromatic heterocycles. The lowest BCUT2D eigenvalue weighted by atomic mass is 9.80. The molecule has 2 N–H and O–H groups in total. The van der Waals surface area contributed by atoms with Gasteiger partial charge in [-0.3, -0.25) is 14.7 Å². The number of fused-ring (bicyclic) bond motifs is 2. The summed E-state index contributed by atoms with van der Waals surface area (Å²) >= 11 is 0. The second-order valence-corrected chi connectivity index (χ2v) is 6.92. The number of H-pyrrole nitrogens is 1. The first kappa shape index (κ1) is 15.9. The maximum absolute atomic E-state index is 12.9. The minimum absolute atomic E-state index is 0.0125. The summed E-state index contributed by atoms with van der Waals surface area (Å²) in [7, 11) is 1.56. The predicted molar refractivity (Wildman–Crippen MR) is 94.5 cm³/mol. The Morgan fingerprint density at radius 3 is 3.04 bits per heavy atom. The van der Waals surface area contributed by atoms with Gasteiger partial charge in [-0.25, -0.2) is 4.52 Å². The molecule has 3 atom stereocenters. The fourth-order valence-electron chi connectivity index (χ4n) is 4.17. The molecule has 9 nitrogen and oxygen atoms in total. The molecule has 0 aromatic carbocycles. The first-order valence-electron chi connectivity index (χ1n) is 8.79. The highest BCUT2D eigenvalue weighted by molar-refractivity contribution is 6.02. The number of hydrogen-bond donors (Lipinski definition) is 2. The summed E-state index contributed by atoms with van der Waals surface area (Å²) in [5.74, 6) is 0.585. The zero-order chi connectivity index (χ0) is 18.5. The van der Waals surface area contributed by atoms with Crippen molar-refractivity contribution in [3.8, 4) is 5.75 Å². The van der Waals surface area contributed by atoms with Crippen molar-refractivity contribution in [2.75, 3.05) is 13.7 Å². The minimum Gasteiger partial charge on any atom is -0.494 e. The first-order valence-corrected chi connectivity index (χ1v) is 8.79. The van der Waals surface area contributed by atoms with Crippen LogP contribution < -0.4 is 10.1 Å². The van der Waals surface area contributed by atoms with Crippen molar-refractivity contribution in [3.05, 3.63) is 48.0 Å². The van der Waals surface area contributed by atoms with Crippen LogP contribution in [-0.2, 0) is 0 Å². The molecule has 138 valence electrons. The molecule has 3 fully saturated rings. The molecule has 2 bridgehead atoms. The SMILES string of the molecule is COc1cccn2ncc(C(=O)NC3C4CC3N(C(=O)c3ccn[nH]3)C4)c12. The summed E-state index contributed by atoms with van der Waals surface area (Å²) < 4.78 is 6.99. The van der Waals surface area contributed by atoms with Crippen molar-refractivity contribution >= 4 is 17.3 Å². The molecule has 3 aliphatic rings. The van der Waals surface area contributed by atoms with Gasteiger partial charge in [-0.2, -0.15) is 10.2 Å². The predicted octanol–water partition coefficient (Wildman–Crippen LogP) is 0.709. The lowest BCUT2D eigenvalue weighted by Crippen LogP contribution is -2.55. The number of nitrogens with zero attached hydrogens (tertiary/aromatic N) is 4. The largest absolute Gasteiger partial charge is 0.494 e. The number of carbonyl (C=O) groups is 2. The molecule has 5 heterocycles. The minimum atomic E-state index is -0.204. The Hall–Kier alpha value is -3.36. The molecule has 27 heavy (non-hydrogen) atoms. The van der Waals surface area contributed by atoms with Crippen LogP contribution in [0, 0.1) is 5.92 Å². The Morgan fingerprint density at radius 1 is 1.37 bits per heavy atom. The van der Waals surface area contributed by atoms with Crippen LogP contribution in [0.1, 0.15) is 27.3 Å². The average Bonchev–Trinajstić information content (AvgIpc) is 3.46. The molecule has 0 spiro atoms. The highest BCUT2D eigenvalue weighted by Crippen LogP contribution is 2.42. The van der Waals surface area contributed by atoms with E-state index in [1.165, 1.54) is 0 Å². The van der Waals surface area contributed by atoms with E-state index in [2.05, 4.69) is 20.6 Å². The van der Waals surface area contributed by atoms with Crippen molar-refractivity contribution in [2.45, 2.75) is 18.5 Å². The van der Waals surface area contributed by atoms with Gasteiger partial charge >= 0.3 is 0 Å². The summed E-state index contributed by atoms with van der Waals surface area (Å²) in [6.45, 7) is 0.644. The van der Waals surface area contributed by atoms with E-state index in [0.717, 1.165) is 6.42 Å². The Bertz CT molecular complexity index is 1030. The number of methoxy groups -OCH3 is 1. The van der Waals surface area contributed by atoms with Gasteiger partial charge in [0.25, 0.3) is 11.8 Å². The Kier molecular flexibility index (Phi) is 3.43. The van der Waals surface area contributed by atoms with Crippen molar-refractivity contribution in [1.29, 1.82) is 0 Å². The van der Waals surface area contributed by atoms with E-state index in [4.69, 9.17) is 4.74 Å². The smallest absolute Gasteiger partial charge is 0.272 e. The van der Waals surface area contributed by atoms with Gasteiger partial charge in [-0.1, -0.05) is 0 Å². The van der Waals surface area contributed by atoms with Crippen LogP contribution in [0.4, 0.5) is 0 Å². The van der Waals surface area contributed by atoms with Crippen molar-refractivity contribution < 1.29 is 14.3 Å². The molecule has 2 amide bonds. The number of ether oxygens (including phenoxy) is 1. The van der Waals surface area contributed by atoms with Gasteiger partial charge in [0.05, 0.1) is 31.0 Å². The molecule has 6 rings (SSSR count). The van der Waals surface area contributed by atoms with E-state index in [1.54, 1.807) is 42.3 Å². The van der Waals surface area contributed by atoms with Gasteiger partial charge in [0, 0.05) is 24.9 Å². The third-order valence-electron chi connectivity index (χ3n) is 5.56. The van der Waals surface area contributed by atoms with Gasteiger partial charge in [0.15, 0.2) is 0 Å². The summed E-state index contributed by atoms with van der Waals surface area (Å²) in [6.07, 6.45) is 5.78. The van der Waals surface area contributed by atoms with Crippen LogP contribution in [0.15, 0.2) is 36.8 Å². The molecular weight excluding hydrogens is 348 g/mol. The highest BCUT2D eigenvalue weighted by Gasteiger charge is 2.54. The fraction of sp³-hybridized carbons (Fsp3) is 0.333. The number of rotatable bonds is 4. The van der Waals surface area contributed by atoms with E-state index < -0.39 is 0 Å². The summed E-state index contributed by atoms with van der Waals surface area (Å²) in [4.78, 5) is 27.3. The van der Waals surface area contributed by atoms with E-state index >= 15 is 0 Å². The van der Waals surface area contributed by atoms with E-state index in [-0.39, 0.29) is 29.8 Å². The van der Waals surface area contributed by atoms with Crippen LogP contribution in [0.5, 0.6) is 5.75 Å². The number of aromatic amines is 1. The molecule has 2 saturated heterocycles. The number of hydrogen-bond acceptors (Lipinski definition) is 5. The van der Waals surface area contributed by atoms with Crippen LogP contribution >= 0.6 is 0 Å². The monoisotopic (exact) mass is 366 g/mol.